The van der Waals surface area contributed by atoms with E-state index in [0.717, 1.165) is 31.7 Å². The number of rotatable bonds is 2. The molecule has 1 aliphatic rings. The SMILES string of the molecule is Cc1cc(C(=O)C2CCC(C(C)(C)C)CC2)c(F)cc1F. The van der Waals surface area contributed by atoms with Crippen molar-refractivity contribution >= 4 is 5.78 Å². The van der Waals surface area contributed by atoms with Gasteiger partial charge in [0.25, 0.3) is 0 Å². The van der Waals surface area contributed by atoms with E-state index in [-0.39, 0.29) is 22.7 Å². The Labute approximate surface area is 125 Å². The molecule has 0 saturated heterocycles. The molecule has 1 saturated carbocycles. The molecule has 0 spiro atoms. The highest BCUT2D eigenvalue weighted by Gasteiger charge is 2.33. The molecule has 0 atom stereocenters. The first-order valence-corrected chi connectivity index (χ1v) is 7.70. The van der Waals surface area contributed by atoms with Crippen molar-refractivity contribution in [2.45, 2.75) is 53.4 Å². The van der Waals surface area contributed by atoms with Crippen molar-refractivity contribution in [2.24, 2.45) is 17.3 Å². The van der Waals surface area contributed by atoms with E-state index in [1.54, 1.807) is 6.92 Å². The van der Waals surface area contributed by atoms with E-state index in [1.165, 1.54) is 6.07 Å². The molecule has 0 heterocycles. The molecule has 116 valence electrons. The second-order valence-corrected chi connectivity index (χ2v) is 7.36. The standard InChI is InChI=1S/C18H24F2O/c1-11-9-14(16(20)10-15(11)19)17(21)12-5-7-13(8-6-12)18(2,3)4/h9-10,12-13H,5-8H2,1-4H3. The Morgan fingerprint density at radius 3 is 2.14 bits per heavy atom. The minimum absolute atomic E-state index is 0.0492. The predicted molar refractivity (Wildman–Crippen MR) is 80.3 cm³/mol. The molecule has 1 aliphatic carbocycles. The monoisotopic (exact) mass is 294 g/mol. The molecule has 0 unspecified atom stereocenters. The molecular weight excluding hydrogens is 270 g/mol. The summed E-state index contributed by atoms with van der Waals surface area (Å²) in [4.78, 5) is 12.5. The van der Waals surface area contributed by atoms with Gasteiger partial charge < -0.3 is 0 Å². The van der Waals surface area contributed by atoms with Crippen molar-refractivity contribution in [2.75, 3.05) is 0 Å². The molecule has 0 aromatic heterocycles. The maximum absolute atomic E-state index is 13.8. The van der Waals surface area contributed by atoms with Gasteiger partial charge in [-0.15, -0.1) is 0 Å². The topological polar surface area (TPSA) is 17.1 Å². The van der Waals surface area contributed by atoms with Crippen molar-refractivity contribution in [3.63, 3.8) is 0 Å². The quantitative estimate of drug-likeness (QED) is 0.676. The molecule has 3 heteroatoms. The van der Waals surface area contributed by atoms with Crippen molar-refractivity contribution in [1.29, 1.82) is 0 Å². The summed E-state index contributed by atoms with van der Waals surface area (Å²) in [7, 11) is 0. The van der Waals surface area contributed by atoms with Crippen LogP contribution in [0.1, 0.15) is 62.4 Å². The van der Waals surface area contributed by atoms with Crippen LogP contribution in [0.25, 0.3) is 0 Å². The Hall–Kier alpha value is -1.25. The molecule has 0 N–H and O–H groups in total. The van der Waals surface area contributed by atoms with Gasteiger partial charge in [-0.2, -0.15) is 0 Å². The first-order valence-electron chi connectivity index (χ1n) is 7.70. The number of carbonyl (C=O) groups excluding carboxylic acids is 1. The third-order valence-corrected chi connectivity index (χ3v) is 4.84. The summed E-state index contributed by atoms with van der Waals surface area (Å²) >= 11 is 0. The second-order valence-electron chi connectivity index (χ2n) is 7.36. The van der Waals surface area contributed by atoms with Crippen molar-refractivity contribution in [1.82, 2.24) is 0 Å². The number of hydrogen-bond donors (Lipinski definition) is 0. The Balaban J connectivity index is 2.11. The largest absolute Gasteiger partial charge is 0.294 e. The molecule has 0 bridgehead atoms. The smallest absolute Gasteiger partial charge is 0.168 e. The highest BCUT2D eigenvalue weighted by Crippen LogP contribution is 2.40. The van der Waals surface area contributed by atoms with E-state index in [0.29, 0.717) is 11.5 Å². The van der Waals surface area contributed by atoms with E-state index >= 15 is 0 Å². The maximum Gasteiger partial charge on any atom is 0.168 e. The Morgan fingerprint density at radius 1 is 1.05 bits per heavy atom. The summed E-state index contributed by atoms with van der Waals surface area (Å²) in [6.07, 6.45) is 3.61. The fraction of sp³-hybridized carbons (Fsp3) is 0.611. The van der Waals surface area contributed by atoms with Gasteiger partial charge >= 0.3 is 0 Å². The van der Waals surface area contributed by atoms with Crippen LogP contribution in [-0.4, -0.2) is 5.78 Å². The van der Waals surface area contributed by atoms with Crippen LogP contribution >= 0.6 is 0 Å². The highest BCUT2D eigenvalue weighted by molar-refractivity contribution is 5.98. The molecule has 1 fully saturated rings. The molecular formula is C18H24F2O. The number of Topliss-reactive ketones (excluding diaryl/α,β-unsaturated/α-hetero) is 1. The van der Waals surface area contributed by atoms with Crippen LogP contribution in [-0.2, 0) is 0 Å². The Morgan fingerprint density at radius 2 is 1.62 bits per heavy atom. The average Bonchev–Trinajstić information content (AvgIpc) is 2.41. The zero-order valence-corrected chi connectivity index (χ0v) is 13.3. The maximum atomic E-state index is 13.8. The van der Waals surface area contributed by atoms with Gasteiger partial charge in [0, 0.05) is 12.0 Å². The fourth-order valence-corrected chi connectivity index (χ4v) is 3.29. The molecule has 21 heavy (non-hydrogen) atoms. The van der Waals surface area contributed by atoms with Gasteiger partial charge in [-0.3, -0.25) is 4.79 Å². The van der Waals surface area contributed by atoms with E-state index in [4.69, 9.17) is 0 Å². The fourth-order valence-electron chi connectivity index (χ4n) is 3.29. The molecule has 0 aliphatic heterocycles. The molecule has 0 amide bonds. The minimum Gasteiger partial charge on any atom is -0.294 e. The lowest BCUT2D eigenvalue weighted by Crippen LogP contribution is -2.29. The number of benzene rings is 1. The van der Waals surface area contributed by atoms with Gasteiger partial charge in [-0.1, -0.05) is 20.8 Å². The molecule has 1 aromatic rings. The van der Waals surface area contributed by atoms with Crippen LogP contribution < -0.4 is 0 Å². The van der Waals surface area contributed by atoms with E-state index in [2.05, 4.69) is 20.8 Å². The normalized spacial score (nSPS) is 23.1. The molecule has 1 nitrogen and oxygen atoms in total. The van der Waals surface area contributed by atoms with Gasteiger partial charge in [0.1, 0.15) is 11.6 Å². The zero-order chi connectivity index (χ0) is 15.8. The number of ketones is 1. The number of hydrogen-bond acceptors (Lipinski definition) is 1. The van der Waals surface area contributed by atoms with E-state index in [1.807, 2.05) is 0 Å². The Kier molecular flexibility index (Phi) is 4.50. The van der Waals surface area contributed by atoms with Gasteiger partial charge in [0.2, 0.25) is 0 Å². The van der Waals surface area contributed by atoms with Crippen LogP contribution in [0.5, 0.6) is 0 Å². The Bertz CT molecular complexity index is 535. The summed E-state index contributed by atoms with van der Waals surface area (Å²) < 4.78 is 27.1. The van der Waals surface area contributed by atoms with Crippen molar-refractivity contribution < 1.29 is 13.6 Å². The van der Waals surface area contributed by atoms with Crippen LogP contribution in [0.3, 0.4) is 0 Å². The predicted octanol–water partition coefficient (Wildman–Crippen LogP) is 5.31. The van der Waals surface area contributed by atoms with E-state index in [9.17, 15) is 13.6 Å². The van der Waals surface area contributed by atoms with E-state index < -0.39 is 11.6 Å². The highest BCUT2D eigenvalue weighted by atomic mass is 19.1. The third-order valence-electron chi connectivity index (χ3n) is 4.84. The number of aryl methyl sites for hydroxylation is 1. The number of carbonyl (C=O) groups is 1. The van der Waals surface area contributed by atoms with Crippen LogP contribution in [0.2, 0.25) is 0 Å². The van der Waals surface area contributed by atoms with Crippen molar-refractivity contribution in [3.05, 3.63) is 34.9 Å². The molecule has 0 radical (unpaired) electrons. The summed E-state index contributed by atoms with van der Waals surface area (Å²) in [5, 5.41) is 0. The third kappa shape index (κ3) is 3.50. The van der Waals surface area contributed by atoms with Gasteiger partial charge in [-0.05, 0) is 55.6 Å². The summed E-state index contributed by atoms with van der Waals surface area (Å²) in [6, 6.07) is 2.17. The number of halogens is 2. The lowest BCUT2D eigenvalue weighted by molar-refractivity contribution is 0.0815. The summed E-state index contributed by atoms with van der Waals surface area (Å²) in [6.45, 7) is 8.23. The van der Waals surface area contributed by atoms with Crippen molar-refractivity contribution in [3.8, 4) is 0 Å². The van der Waals surface area contributed by atoms with Crippen LogP contribution in [0, 0.1) is 35.8 Å². The summed E-state index contributed by atoms with van der Waals surface area (Å²) in [5.74, 6) is -1.01. The second kappa shape index (κ2) is 5.86. The molecule has 1 aromatic carbocycles. The zero-order valence-electron chi connectivity index (χ0n) is 13.3. The van der Waals surface area contributed by atoms with Gasteiger partial charge in [0.15, 0.2) is 5.78 Å². The first-order chi connectivity index (χ1) is 9.70. The van der Waals surface area contributed by atoms with Crippen LogP contribution in [0.15, 0.2) is 12.1 Å². The minimum atomic E-state index is -0.735. The summed E-state index contributed by atoms with van der Waals surface area (Å²) in [5.41, 5.74) is 0.627. The van der Waals surface area contributed by atoms with Gasteiger partial charge in [0.05, 0.1) is 5.56 Å². The molecule has 2 rings (SSSR count). The van der Waals surface area contributed by atoms with Crippen LogP contribution in [0.4, 0.5) is 8.78 Å². The lowest BCUT2D eigenvalue weighted by atomic mass is 9.68. The van der Waals surface area contributed by atoms with Gasteiger partial charge in [-0.25, -0.2) is 8.78 Å². The average molecular weight is 294 g/mol. The first kappa shape index (κ1) is 16.1. The lowest BCUT2D eigenvalue weighted by Gasteiger charge is -2.36.